The van der Waals surface area contributed by atoms with Crippen LogP contribution in [0.3, 0.4) is 0 Å². The van der Waals surface area contributed by atoms with E-state index >= 15 is 0 Å². The molecule has 0 aliphatic carbocycles. The molecule has 8 N–H and O–H groups in total. The molecule has 1 fully saturated rings. The molecule has 0 saturated carbocycles. The molecule has 0 bridgehead atoms. The van der Waals surface area contributed by atoms with Crippen molar-refractivity contribution >= 4 is 5.91 Å². The molecule has 0 radical (unpaired) electrons. The van der Waals surface area contributed by atoms with Crippen molar-refractivity contribution in [3.63, 3.8) is 0 Å². The number of nitrogens with one attached hydrogen (secondary N) is 1. The van der Waals surface area contributed by atoms with Crippen molar-refractivity contribution in [1.82, 2.24) is 5.32 Å². The van der Waals surface area contributed by atoms with Gasteiger partial charge >= 0.3 is 0 Å². The molecule has 1 rings (SSSR count). The molecule has 9 atom stereocenters. The maximum atomic E-state index is 13.0. The number of aliphatic hydroxyl groups is 7. The van der Waals surface area contributed by atoms with Crippen molar-refractivity contribution in [1.29, 1.82) is 0 Å². The lowest BCUT2D eigenvalue weighted by Gasteiger charge is -2.40. The predicted molar refractivity (Wildman–Crippen MR) is 192 cm³/mol. The number of allylic oxidation sites excluding steroid dienone is 4. The standard InChI is InChI=1S/C38H71NO10/c1-3-5-7-9-11-13-15-16-18-20-22-24-26-31(42)37(47)39-29(28-48-38-36(46)35(45)34(44)32(27-40)49-38)33(43)30(41)25-23-21-19-17-14-12-10-8-6-4-2/h8,10,17,19,29-36,38,40-46H,3-7,9,11-16,18,20-28H2,1-2H3,(H,39,47)/b10-8+,19-17+. The second-order valence-electron chi connectivity index (χ2n) is 13.6. The fourth-order valence-electron chi connectivity index (χ4n) is 5.93. The van der Waals surface area contributed by atoms with Crippen LogP contribution in [0, 0.1) is 0 Å². The van der Waals surface area contributed by atoms with E-state index in [1.807, 2.05) is 6.08 Å². The van der Waals surface area contributed by atoms with Crippen LogP contribution in [0.5, 0.6) is 0 Å². The van der Waals surface area contributed by atoms with E-state index in [1.54, 1.807) is 0 Å². The molecule has 1 saturated heterocycles. The van der Waals surface area contributed by atoms with Crippen LogP contribution in [0.2, 0.25) is 0 Å². The van der Waals surface area contributed by atoms with Crippen LogP contribution in [0.1, 0.15) is 142 Å². The minimum Gasteiger partial charge on any atom is -0.394 e. The monoisotopic (exact) mass is 702 g/mol. The highest BCUT2D eigenvalue weighted by molar-refractivity contribution is 5.80. The van der Waals surface area contributed by atoms with E-state index in [1.165, 1.54) is 51.4 Å². The maximum Gasteiger partial charge on any atom is 0.249 e. The Morgan fingerprint density at radius 3 is 1.82 bits per heavy atom. The zero-order valence-electron chi connectivity index (χ0n) is 30.4. The van der Waals surface area contributed by atoms with Gasteiger partial charge in [-0.05, 0) is 44.9 Å². The Labute approximate surface area is 295 Å². The topological polar surface area (TPSA) is 189 Å². The fourth-order valence-corrected chi connectivity index (χ4v) is 5.93. The summed E-state index contributed by atoms with van der Waals surface area (Å²) in [4.78, 5) is 13.0. The van der Waals surface area contributed by atoms with Gasteiger partial charge in [0.1, 0.15) is 36.6 Å². The van der Waals surface area contributed by atoms with Crippen LogP contribution in [-0.2, 0) is 14.3 Å². The number of ether oxygens (including phenoxy) is 2. The lowest BCUT2D eigenvalue weighted by Crippen LogP contribution is -2.60. The van der Waals surface area contributed by atoms with Crippen LogP contribution in [0.4, 0.5) is 0 Å². The first-order valence-corrected chi connectivity index (χ1v) is 19.2. The van der Waals surface area contributed by atoms with Gasteiger partial charge in [0.05, 0.1) is 25.4 Å². The maximum absolute atomic E-state index is 13.0. The number of amides is 1. The highest BCUT2D eigenvalue weighted by atomic mass is 16.7. The van der Waals surface area contributed by atoms with E-state index in [4.69, 9.17) is 9.47 Å². The number of carbonyl (C=O) groups excluding carboxylic acids is 1. The van der Waals surface area contributed by atoms with E-state index in [0.717, 1.165) is 44.9 Å². The Bertz CT molecular complexity index is 856. The quantitative estimate of drug-likeness (QED) is 0.0396. The molecule has 1 amide bonds. The van der Waals surface area contributed by atoms with Gasteiger partial charge in [0.2, 0.25) is 5.91 Å². The van der Waals surface area contributed by atoms with Gasteiger partial charge in [0, 0.05) is 0 Å². The number of hydrogen-bond donors (Lipinski definition) is 8. The van der Waals surface area contributed by atoms with Crippen LogP contribution in [0.25, 0.3) is 0 Å². The van der Waals surface area contributed by atoms with Crippen LogP contribution in [-0.4, -0.2) is 110 Å². The SMILES string of the molecule is CCC/C=C/CC/C=C/CCCC(O)C(O)C(COC1OC(CO)C(O)C(O)C1O)NC(=O)C(O)CCCCCCCCCCCCCC. The van der Waals surface area contributed by atoms with E-state index in [2.05, 4.69) is 37.4 Å². The molecular weight excluding hydrogens is 630 g/mol. The minimum absolute atomic E-state index is 0.246. The molecule has 288 valence electrons. The Balaban J connectivity index is 2.60. The highest BCUT2D eigenvalue weighted by Crippen LogP contribution is 2.23. The van der Waals surface area contributed by atoms with E-state index in [0.29, 0.717) is 19.3 Å². The van der Waals surface area contributed by atoms with Gasteiger partial charge in [0.15, 0.2) is 6.29 Å². The van der Waals surface area contributed by atoms with Gasteiger partial charge in [-0.2, -0.15) is 0 Å². The third kappa shape index (κ3) is 20.3. The van der Waals surface area contributed by atoms with Crippen molar-refractivity contribution in [2.75, 3.05) is 13.2 Å². The van der Waals surface area contributed by atoms with Crippen molar-refractivity contribution < 1.29 is 50.0 Å². The first-order valence-electron chi connectivity index (χ1n) is 19.2. The van der Waals surface area contributed by atoms with Crippen molar-refractivity contribution in [3.05, 3.63) is 24.3 Å². The molecule has 9 unspecified atom stereocenters. The van der Waals surface area contributed by atoms with E-state index in [-0.39, 0.29) is 12.8 Å². The lowest BCUT2D eigenvalue weighted by molar-refractivity contribution is -0.303. The van der Waals surface area contributed by atoms with Crippen LogP contribution < -0.4 is 5.32 Å². The Hall–Kier alpha value is -1.41. The van der Waals surface area contributed by atoms with E-state index in [9.17, 15) is 40.5 Å². The minimum atomic E-state index is -1.67. The van der Waals surface area contributed by atoms with Gasteiger partial charge in [-0.3, -0.25) is 4.79 Å². The van der Waals surface area contributed by atoms with Gasteiger partial charge in [0.25, 0.3) is 0 Å². The van der Waals surface area contributed by atoms with Gasteiger partial charge < -0.3 is 50.5 Å². The highest BCUT2D eigenvalue weighted by Gasteiger charge is 2.44. The van der Waals surface area contributed by atoms with Crippen molar-refractivity contribution in [2.24, 2.45) is 0 Å². The molecule has 0 aromatic heterocycles. The average molecular weight is 702 g/mol. The molecule has 0 spiro atoms. The molecule has 1 aliphatic heterocycles. The molecule has 0 aromatic rings. The summed E-state index contributed by atoms with van der Waals surface area (Å²) in [6.07, 6.45) is 16.8. The van der Waals surface area contributed by atoms with Crippen LogP contribution in [0.15, 0.2) is 24.3 Å². The summed E-state index contributed by atoms with van der Waals surface area (Å²) in [5.74, 6) is -0.715. The zero-order chi connectivity index (χ0) is 36.3. The summed E-state index contributed by atoms with van der Waals surface area (Å²) in [7, 11) is 0. The molecule has 1 heterocycles. The molecular formula is C38H71NO10. The molecule has 11 heteroatoms. The number of aliphatic hydroxyl groups excluding tert-OH is 7. The number of hydrogen-bond acceptors (Lipinski definition) is 10. The zero-order valence-corrected chi connectivity index (χ0v) is 30.4. The molecule has 49 heavy (non-hydrogen) atoms. The first-order chi connectivity index (χ1) is 23.7. The largest absolute Gasteiger partial charge is 0.394 e. The number of carbonyl (C=O) groups is 1. The van der Waals surface area contributed by atoms with Gasteiger partial charge in [-0.1, -0.05) is 122 Å². The van der Waals surface area contributed by atoms with E-state index < -0.39 is 74.2 Å². The Morgan fingerprint density at radius 2 is 1.24 bits per heavy atom. The summed E-state index contributed by atoms with van der Waals surface area (Å²) >= 11 is 0. The second kappa shape index (κ2) is 29.2. The second-order valence-corrected chi connectivity index (χ2v) is 13.6. The summed E-state index contributed by atoms with van der Waals surface area (Å²) in [6, 6.07) is -1.18. The Kier molecular flexibility index (Phi) is 27.2. The predicted octanol–water partition coefficient (Wildman–Crippen LogP) is 4.32. The molecule has 0 aromatic carbocycles. The summed E-state index contributed by atoms with van der Waals surface area (Å²) < 4.78 is 11.0. The number of unbranched alkanes of at least 4 members (excludes halogenated alkanes) is 14. The third-order valence-electron chi connectivity index (χ3n) is 9.22. The molecule has 11 nitrogen and oxygen atoms in total. The summed E-state index contributed by atoms with van der Waals surface area (Å²) in [5.41, 5.74) is 0. The van der Waals surface area contributed by atoms with Crippen LogP contribution >= 0.6 is 0 Å². The summed E-state index contributed by atoms with van der Waals surface area (Å²) in [6.45, 7) is 3.29. The first kappa shape index (κ1) is 45.6. The fraction of sp³-hybridized carbons (Fsp3) is 0.868. The third-order valence-corrected chi connectivity index (χ3v) is 9.22. The smallest absolute Gasteiger partial charge is 0.249 e. The Morgan fingerprint density at radius 1 is 0.694 bits per heavy atom. The average Bonchev–Trinajstić information content (AvgIpc) is 3.10. The van der Waals surface area contributed by atoms with Gasteiger partial charge in [-0.25, -0.2) is 0 Å². The van der Waals surface area contributed by atoms with Crippen molar-refractivity contribution in [3.8, 4) is 0 Å². The number of rotatable bonds is 30. The normalized spacial score (nSPS) is 24.0. The lowest BCUT2D eigenvalue weighted by atomic mass is 9.98. The summed E-state index contributed by atoms with van der Waals surface area (Å²) in [5, 5.41) is 75.0. The molecule has 1 aliphatic rings. The van der Waals surface area contributed by atoms with Gasteiger partial charge in [-0.15, -0.1) is 0 Å². The van der Waals surface area contributed by atoms with Crippen molar-refractivity contribution in [2.45, 2.75) is 197 Å².